The summed E-state index contributed by atoms with van der Waals surface area (Å²) in [5.41, 5.74) is 0. The van der Waals surface area contributed by atoms with E-state index in [9.17, 15) is 0 Å². The number of rotatable bonds is 10. The fraction of sp³-hybridized carbons (Fsp3) is 0.846. The SMILES string of the molecule is CCC(CC)C(C)Nc1nnc(CNCCOC)o1. The average molecular weight is 270 g/mol. The molecule has 0 radical (unpaired) electrons. The van der Waals surface area contributed by atoms with Gasteiger partial charge in [-0.15, -0.1) is 5.10 Å². The van der Waals surface area contributed by atoms with Crippen LogP contribution < -0.4 is 10.6 Å². The molecule has 0 saturated heterocycles. The molecule has 6 heteroatoms. The molecule has 1 heterocycles. The van der Waals surface area contributed by atoms with E-state index in [0.29, 0.717) is 37.0 Å². The number of hydrogen-bond acceptors (Lipinski definition) is 6. The molecule has 110 valence electrons. The lowest BCUT2D eigenvalue weighted by atomic mass is 9.96. The van der Waals surface area contributed by atoms with Gasteiger partial charge in [-0.3, -0.25) is 0 Å². The van der Waals surface area contributed by atoms with Gasteiger partial charge in [-0.05, 0) is 12.8 Å². The number of anilines is 1. The summed E-state index contributed by atoms with van der Waals surface area (Å²) in [6.45, 7) is 8.56. The molecule has 0 bridgehead atoms. The maximum absolute atomic E-state index is 5.54. The standard InChI is InChI=1S/C13H26N4O2/c1-5-11(6-2)10(3)15-13-17-16-12(19-13)9-14-7-8-18-4/h10-11,14H,5-9H2,1-4H3,(H,15,17). The van der Waals surface area contributed by atoms with Crippen LogP contribution in [0.1, 0.15) is 39.5 Å². The van der Waals surface area contributed by atoms with E-state index in [2.05, 4.69) is 41.6 Å². The molecule has 1 atom stereocenters. The highest BCUT2D eigenvalue weighted by Gasteiger charge is 2.15. The summed E-state index contributed by atoms with van der Waals surface area (Å²) in [5, 5.41) is 14.4. The van der Waals surface area contributed by atoms with Crippen molar-refractivity contribution in [3.05, 3.63) is 5.89 Å². The topological polar surface area (TPSA) is 72.2 Å². The van der Waals surface area contributed by atoms with Crippen LogP contribution in [0.15, 0.2) is 4.42 Å². The van der Waals surface area contributed by atoms with Gasteiger partial charge in [0.15, 0.2) is 0 Å². The Balaban J connectivity index is 2.37. The number of methoxy groups -OCH3 is 1. The van der Waals surface area contributed by atoms with Crippen molar-refractivity contribution in [2.75, 3.05) is 25.6 Å². The molecule has 1 aromatic heterocycles. The molecule has 0 saturated carbocycles. The maximum Gasteiger partial charge on any atom is 0.315 e. The van der Waals surface area contributed by atoms with Gasteiger partial charge in [0.2, 0.25) is 5.89 Å². The zero-order valence-corrected chi connectivity index (χ0v) is 12.4. The number of ether oxygens (including phenoxy) is 1. The van der Waals surface area contributed by atoms with Crippen LogP contribution in [0.3, 0.4) is 0 Å². The highest BCUT2D eigenvalue weighted by molar-refractivity contribution is 5.19. The zero-order chi connectivity index (χ0) is 14.1. The number of nitrogens with zero attached hydrogens (tertiary/aromatic N) is 2. The molecule has 0 spiro atoms. The summed E-state index contributed by atoms with van der Waals surface area (Å²) in [4.78, 5) is 0. The largest absolute Gasteiger partial charge is 0.407 e. The average Bonchev–Trinajstić information content (AvgIpc) is 2.84. The smallest absolute Gasteiger partial charge is 0.315 e. The number of hydrogen-bond donors (Lipinski definition) is 2. The Morgan fingerprint density at radius 1 is 1.26 bits per heavy atom. The third-order valence-electron chi connectivity index (χ3n) is 3.33. The third kappa shape index (κ3) is 5.57. The number of nitrogens with one attached hydrogen (secondary N) is 2. The molecule has 0 fully saturated rings. The second-order valence-corrected chi connectivity index (χ2v) is 4.68. The van der Waals surface area contributed by atoms with Crippen molar-refractivity contribution < 1.29 is 9.15 Å². The highest BCUT2D eigenvalue weighted by Crippen LogP contribution is 2.17. The Morgan fingerprint density at radius 2 is 2.00 bits per heavy atom. The first-order valence-corrected chi connectivity index (χ1v) is 6.99. The van der Waals surface area contributed by atoms with Gasteiger partial charge >= 0.3 is 6.01 Å². The predicted molar refractivity (Wildman–Crippen MR) is 75.0 cm³/mol. The van der Waals surface area contributed by atoms with Gasteiger partial charge in [-0.25, -0.2) is 0 Å². The predicted octanol–water partition coefficient (Wildman–Crippen LogP) is 2.04. The van der Waals surface area contributed by atoms with Gasteiger partial charge in [-0.2, -0.15) is 0 Å². The van der Waals surface area contributed by atoms with Crippen molar-refractivity contribution in [2.45, 2.75) is 46.2 Å². The molecule has 0 aromatic carbocycles. The monoisotopic (exact) mass is 270 g/mol. The van der Waals surface area contributed by atoms with Gasteiger partial charge in [-0.1, -0.05) is 31.8 Å². The first-order valence-electron chi connectivity index (χ1n) is 6.99. The van der Waals surface area contributed by atoms with E-state index in [1.54, 1.807) is 7.11 Å². The van der Waals surface area contributed by atoms with Crippen molar-refractivity contribution in [3.8, 4) is 0 Å². The second-order valence-electron chi connectivity index (χ2n) is 4.68. The lowest BCUT2D eigenvalue weighted by Crippen LogP contribution is -2.25. The van der Waals surface area contributed by atoms with Gasteiger partial charge in [0.05, 0.1) is 13.2 Å². The molecular weight excluding hydrogens is 244 g/mol. The zero-order valence-electron chi connectivity index (χ0n) is 12.4. The molecule has 1 unspecified atom stereocenters. The van der Waals surface area contributed by atoms with Crippen molar-refractivity contribution in [2.24, 2.45) is 5.92 Å². The molecular formula is C13H26N4O2. The molecule has 2 N–H and O–H groups in total. The molecule has 0 aliphatic carbocycles. The van der Waals surface area contributed by atoms with E-state index < -0.39 is 0 Å². The van der Waals surface area contributed by atoms with Crippen LogP contribution >= 0.6 is 0 Å². The minimum atomic E-state index is 0.338. The van der Waals surface area contributed by atoms with Crippen LogP contribution in [-0.4, -0.2) is 36.5 Å². The van der Waals surface area contributed by atoms with Gasteiger partial charge in [0.25, 0.3) is 0 Å². The first kappa shape index (κ1) is 15.9. The molecule has 0 aliphatic heterocycles. The van der Waals surface area contributed by atoms with Crippen LogP contribution in [0.25, 0.3) is 0 Å². The highest BCUT2D eigenvalue weighted by atomic mass is 16.5. The summed E-state index contributed by atoms with van der Waals surface area (Å²) in [5.74, 6) is 1.21. The number of aromatic nitrogens is 2. The Morgan fingerprint density at radius 3 is 2.63 bits per heavy atom. The van der Waals surface area contributed by atoms with E-state index in [1.165, 1.54) is 0 Å². The Kier molecular flexibility index (Phi) is 7.43. The van der Waals surface area contributed by atoms with Gasteiger partial charge in [0.1, 0.15) is 0 Å². The van der Waals surface area contributed by atoms with Crippen LogP contribution in [0.2, 0.25) is 0 Å². The van der Waals surface area contributed by atoms with E-state index in [4.69, 9.17) is 9.15 Å². The van der Waals surface area contributed by atoms with Crippen LogP contribution in [0.5, 0.6) is 0 Å². The normalized spacial score (nSPS) is 12.9. The molecule has 1 rings (SSSR count). The Hall–Kier alpha value is -1.14. The summed E-state index contributed by atoms with van der Waals surface area (Å²) >= 11 is 0. The van der Waals surface area contributed by atoms with E-state index >= 15 is 0 Å². The summed E-state index contributed by atoms with van der Waals surface area (Å²) in [6.07, 6.45) is 2.29. The summed E-state index contributed by atoms with van der Waals surface area (Å²) in [6, 6.07) is 0.840. The molecule has 0 aliphatic rings. The van der Waals surface area contributed by atoms with Crippen molar-refractivity contribution >= 4 is 6.01 Å². The third-order valence-corrected chi connectivity index (χ3v) is 3.33. The Bertz CT molecular complexity index is 339. The fourth-order valence-corrected chi connectivity index (χ4v) is 2.06. The molecule has 0 amide bonds. The molecule has 19 heavy (non-hydrogen) atoms. The summed E-state index contributed by atoms with van der Waals surface area (Å²) in [7, 11) is 1.68. The van der Waals surface area contributed by atoms with Crippen molar-refractivity contribution in [3.63, 3.8) is 0 Å². The van der Waals surface area contributed by atoms with Crippen LogP contribution in [0.4, 0.5) is 6.01 Å². The van der Waals surface area contributed by atoms with E-state index in [-0.39, 0.29) is 0 Å². The Labute approximate surface area is 115 Å². The van der Waals surface area contributed by atoms with E-state index in [1.807, 2.05) is 0 Å². The lowest BCUT2D eigenvalue weighted by Gasteiger charge is -2.20. The minimum absolute atomic E-state index is 0.338. The summed E-state index contributed by atoms with van der Waals surface area (Å²) < 4.78 is 10.5. The fourth-order valence-electron chi connectivity index (χ4n) is 2.06. The van der Waals surface area contributed by atoms with Crippen LogP contribution in [0, 0.1) is 5.92 Å². The maximum atomic E-state index is 5.54. The van der Waals surface area contributed by atoms with Crippen molar-refractivity contribution in [1.82, 2.24) is 15.5 Å². The van der Waals surface area contributed by atoms with Gasteiger partial charge < -0.3 is 19.8 Å². The molecule has 1 aromatic rings. The first-order chi connectivity index (χ1) is 9.21. The van der Waals surface area contributed by atoms with E-state index in [0.717, 1.165) is 19.4 Å². The second kappa shape index (κ2) is 8.87. The minimum Gasteiger partial charge on any atom is -0.407 e. The van der Waals surface area contributed by atoms with Gasteiger partial charge in [0, 0.05) is 19.7 Å². The molecule has 6 nitrogen and oxygen atoms in total. The van der Waals surface area contributed by atoms with Crippen molar-refractivity contribution in [1.29, 1.82) is 0 Å². The quantitative estimate of drug-likeness (QED) is 0.634. The lowest BCUT2D eigenvalue weighted by molar-refractivity contribution is 0.198. The van der Waals surface area contributed by atoms with Crippen LogP contribution in [-0.2, 0) is 11.3 Å².